The van der Waals surface area contributed by atoms with E-state index in [0.717, 1.165) is 5.56 Å². The van der Waals surface area contributed by atoms with Crippen molar-refractivity contribution in [1.82, 2.24) is 4.72 Å². The number of nitrogens with one attached hydrogen (secondary N) is 1. The lowest BCUT2D eigenvalue weighted by Crippen LogP contribution is -2.52. The summed E-state index contributed by atoms with van der Waals surface area (Å²) in [6.45, 7) is 7.68. The molecule has 0 heterocycles. The Morgan fingerprint density at radius 3 is 2.42 bits per heavy atom. The first-order valence-corrected chi connectivity index (χ1v) is 8.96. The van der Waals surface area contributed by atoms with Crippen molar-refractivity contribution < 1.29 is 17.9 Å². The van der Waals surface area contributed by atoms with Crippen LogP contribution in [0.15, 0.2) is 23.1 Å². The van der Waals surface area contributed by atoms with Crippen LogP contribution in [0.1, 0.15) is 43.1 Å². The fraction of sp³-hybridized carbons (Fsp3) is 0.562. The molecule has 1 aromatic carbocycles. The van der Waals surface area contributed by atoms with Gasteiger partial charge in [-0.15, -0.1) is 12.4 Å². The number of methoxy groups -OCH3 is 1. The second-order valence-corrected chi connectivity index (χ2v) is 8.11. The first kappa shape index (κ1) is 22.9. The predicted molar refractivity (Wildman–Crippen MR) is 97.0 cm³/mol. The number of carbonyl (C=O) groups excluding carboxylic acids is 1. The molecule has 24 heavy (non-hydrogen) atoms. The summed E-state index contributed by atoms with van der Waals surface area (Å²) < 4.78 is 32.9. The summed E-state index contributed by atoms with van der Waals surface area (Å²) in [6, 6.07) is 4.56. The van der Waals surface area contributed by atoms with Gasteiger partial charge in [0.25, 0.3) is 0 Å². The molecule has 0 bridgehead atoms. The molecule has 0 aliphatic rings. The minimum Gasteiger partial charge on any atom is -0.465 e. The molecule has 1 rings (SSSR count). The molecule has 1 atom stereocenters. The zero-order valence-corrected chi connectivity index (χ0v) is 16.4. The Bertz CT molecular complexity index is 677. The van der Waals surface area contributed by atoms with Crippen LogP contribution >= 0.6 is 12.4 Å². The number of aryl methyl sites for hydroxylation is 1. The first-order valence-electron chi connectivity index (χ1n) is 7.47. The van der Waals surface area contributed by atoms with Crippen molar-refractivity contribution in [3.8, 4) is 0 Å². The lowest BCUT2D eigenvalue weighted by atomic mass is 9.92. The average Bonchev–Trinajstić information content (AvgIpc) is 2.44. The van der Waals surface area contributed by atoms with Crippen LogP contribution in [-0.4, -0.2) is 33.6 Å². The second kappa shape index (κ2) is 8.80. The molecular formula is C16H27ClN2O4S. The normalized spacial score (nSPS) is 14.0. The zero-order valence-electron chi connectivity index (χ0n) is 14.8. The monoisotopic (exact) mass is 378 g/mol. The summed E-state index contributed by atoms with van der Waals surface area (Å²) in [5, 5.41) is 0. The van der Waals surface area contributed by atoms with Crippen molar-refractivity contribution in [2.45, 2.75) is 44.6 Å². The van der Waals surface area contributed by atoms with Crippen LogP contribution in [0.25, 0.3) is 0 Å². The third kappa shape index (κ3) is 5.73. The van der Waals surface area contributed by atoms with Gasteiger partial charge in [-0.05, 0) is 38.3 Å². The number of nitrogens with two attached hydrogens (primary N) is 1. The van der Waals surface area contributed by atoms with Gasteiger partial charge in [0.1, 0.15) is 0 Å². The quantitative estimate of drug-likeness (QED) is 0.709. The van der Waals surface area contributed by atoms with Gasteiger partial charge in [-0.2, -0.15) is 0 Å². The Morgan fingerprint density at radius 2 is 1.96 bits per heavy atom. The molecule has 0 amide bonds. The molecule has 3 N–H and O–H groups in total. The topological polar surface area (TPSA) is 98.5 Å². The van der Waals surface area contributed by atoms with Crippen molar-refractivity contribution in [3.05, 3.63) is 29.3 Å². The van der Waals surface area contributed by atoms with Crippen molar-refractivity contribution in [2.75, 3.05) is 13.7 Å². The molecular weight excluding hydrogens is 352 g/mol. The molecule has 0 spiro atoms. The molecule has 1 unspecified atom stereocenters. The van der Waals surface area contributed by atoms with Crippen molar-refractivity contribution in [1.29, 1.82) is 0 Å². The SMILES string of the molecule is COC(=O)c1cc(C)ccc1S(=O)(=O)NC(C)(CN)CC(C)C.Cl. The van der Waals surface area contributed by atoms with Crippen molar-refractivity contribution in [3.63, 3.8) is 0 Å². The average molecular weight is 379 g/mol. The summed E-state index contributed by atoms with van der Waals surface area (Å²) in [6.07, 6.45) is 0.585. The summed E-state index contributed by atoms with van der Waals surface area (Å²) in [5.41, 5.74) is 5.77. The number of rotatable bonds is 7. The lowest BCUT2D eigenvalue weighted by Gasteiger charge is -2.31. The molecule has 0 radical (unpaired) electrons. The van der Waals surface area contributed by atoms with Crippen LogP contribution in [-0.2, 0) is 14.8 Å². The van der Waals surface area contributed by atoms with E-state index in [1.54, 1.807) is 19.9 Å². The number of sulfonamides is 1. The maximum Gasteiger partial charge on any atom is 0.339 e. The van der Waals surface area contributed by atoms with Gasteiger partial charge in [0.15, 0.2) is 0 Å². The minimum atomic E-state index is -3.91. The third-order valence-electron chi connectivity index (χ3n) is 3.52. The molecule has 0 saturated heterocycles. The lowest BCUT2D eigenvalue weighted by molar-refractivity contribution is 0.0596. The van der Waals surface area contributed by atoms with Gasteiger partial charge in [0.05, 0.1) is 17.6 Å². The van der Waals surface area contributed by atoms with Crippen LogP contribution in [0.4, 0.5) is 0 Å². The number of benzene rings is 1. The van der Waals surface area contributed by atoms with E-state index in [-0.39, 0.29) is 35.3 Å². The number of ether oxygens (including phenoxy) is 1. The zero-order chi connectivity index (χ0) is 17.8. The standard InChI is InChI=1S/C16H26N2O4S.ClH/c1-11(2)9-16(4,10-17)18-23(20,21)14-7-6-12(3)8-13(14)15(19)22-5;/h6-8,11,18H,9-10,17H2,1-5H3;1H. The summed E-state index contributed by atoms with van der Waals surface area (Å²) in [5.74, 6) is -0.420. The maximum absolute atomic E-state index is 12.8. The van der Waals surface area contributed by atoms with E-state index in [0.29, 0.717) is 6.42 Å². The van der Waals surface area contributed by atoms with Gasteiger partial charge in [0, 0.05) is 12.1 Å². The summed E-state index contributed by atoms with van der Waals surface area (Å²) >= 11 is 0. The van der Waals surface area contributed by atoms with Crippen molar-refractivity contribution in [2.24, 2.45) is 11.7 Å². The Morgan fingerprint density at radius 1 is 1.38 bits per heavy atom. The molecule has 0 aromatic heterocycles. The van der Waals surface area contributed by atoms with Crippen LogP contribution < -0.4 is 10.5 Å². The van der Waals surface area contributed by atoms with Gasteiger partial charge < -0.3 is 10.5 Å². The van der Waals surface area contributed by atoms with Gasteiger partial charge in [-0.1, -0.05) is 25.5 Å². The minimum absolute atomic E-state index is 0. The number of hydrogen-bond donors (Lipinski definition) is 2. The molecule has 8 heteroatoms. The van der Waals surface area contributed by atoms with Gasteiger partial charge in [0.2, 0.25) is 10.0 Å². The van der Waals surface area contributed by atoms with Crippen molar-refractivity contribution >= 4 is 28.4 Å². The van der Waals surface area contributed by atoms with Crippen LogP contribution in [0.5, 0.6) is 0 Å². The molecule has 0 fully saturated rings. The van der Waals surface area contributed by atoms with Crippen LogP contribution in [0.3, 0.4) is 0 Å². The van der Waals surface area contributed by atoms with E-state index in [1.807, 2.05) is 13.8 Å². The molecule has 0 aliphatic heterocycles. The predicted octanol–water partition coefficient (Wildman–Crippen LogP) is 2.25. The highest BCUT2D eigenvalue weighted by molar-refractivity contribution is 7.89. The maximum atomic E-state index is 12.8. The Balaban J connectivity index is 0.00000529. The van der Waals surface area contributed by atoms with E-state index in [1.165, 1.54) is 19.2 Å². The molecule has 138 valence electrons. The first-order chi connectivity index (χ1) is 10.5. The molecule has 1 aromatic rings. The number of halogens is 1. The second-order valence-electron chi connectivity index (χ2n) is 6.46. The highest BCUT2D eigenvalue weighted by atomic mass is 35.5. The Labute approximate surface area is 150 Å². The summed E-state index contributed by atoms with van der Waals surface area (Å²) in [7, 11) is -2.69. The largest absolute Gasteiger partial charge is 0.465 e. The molecule has 6 nitrogen and oxygen atoms in total. The van der Waals surface area contributed by atoms with E-state index < -0.39 is 21.5 Å². The molecule has 0 aliphatic carbocycles. The number of esters is 1. The number of hydrogen-bond acceptors (Lipinski definition) is 5. The van der Waals surface area contributed by atoms with E-state index in [2.05, 4.69) is 4.72 Å². The van der Waals surface area contributed by atoms with Gasteiger partial charge in [-0.3, -0.25) is 0 Å². The summed E-state index contributed by atoms with van der Waals surface area (Å²) in [4.78, 5) is 11.8. The Hall–Kier alpha value is -1.15. The van der Waals surface area contributed by atoms with Crippen LogP contribution in [0, 0.1) is 12.8 Å². The van der Waals surface area contributed by atoms with E-state index in [9.17, 15) is 13.2 Å². The van der Waals surface area contributed by atoms with E-state index >= 15 is 0 Å². The molecule has 0 saturated carbocycles. The highest BCUT2D eigenvalue weighted by Crippen LogP contribution is 2.23. The Kier molecular flexibility index (Phi) is 8.38. The van der Waals surface area contributed by atoms with Gasteiger partial charge >= 0.3 is 5.97 Å². The number of carbonyl (C=O) groups is 1. The third-order valence-corrected chi connectivity index (χ3v) is 5.22. The fourth-order valence-corrected chi connectivity index (χ4v) is 4.20. The van der Waals surface area contributed by atoms with Gasteiger partial charge in [-0.25, -0.2) is 17.9 Å². The highest BCUT2D eigenvalue weighted by Gasteiger charge is 2.32. The smallest absolute Gasteiger partial charge is 0.339 e. The fourth-order valence-electron chi connectivity index (χ4n) is 2.59. The van der Waals surface area contributed by atoms with E-state index in [4.69, 9.17) is 10.5 Å². The van der Waals surface area contributed by atoms with Crippen LogP contribution in [0.2, 0.25) is 0 Å².